The smallest absolute Gasteiger partial charge is 0.329 e. The summed E-state index contributed by atoms with van der Waals surface area (Å²) in [6.07, 6.45) is 1.60. The topological polar surface area (TPSA) is 146 Å². The van der Waals surface area contributed by atoms with Gasteiger partial charge < -0.3 is 15.6 Å². The van der Waals surface area contributed by atoms with E-state index in [9.17, 15) is 10.1 Å². The summed E-state index contributed by atoms with van der Waals surface area (Å²) in [6, 6.07) is 9.38. The molecule has 0 fully saturated rings. The van der Waals surface area contributed by atoms with Crippen molar-refractivity contribution < 1.29 is 9.45 Å². The van der Waals surface area contributed by atoms with Crippen molar-refractivity contribution >= 4 is 17.5 Å². The molecule has 3 N–H and O–H groups in total. The second kappa shape index (κ2) is 6.91. The maximum Gasteiger partial charge on any atom is 0.329 e. The number of rotatable bonds is 6. The highest BCUT2D eigenvalue weighted by molar-refractivity contribution is 5.53. The van der Waals surface area contributed by atoms with Gasteiger partial charge in [-0.2, -0.15) is 9.97 Å². The first-order chi connectivity index (χ1) is 12.0. The van der Waals surface area contributed by atoms with Gasteiger partial charge in [-0.15, -0.1) is 0 Å². The third kappa shape index (κ3) is 3.86. The molecule has 1 aromatic carbocycles. The Hall–Kier alpha value is -3.56. The van der Waals surface area contributed by atoms with Crippen LogP contribution in [0.2, 0.25) is 0 Å². The average molecular weight is 341 g/mol. The third-order valence-corrected chi connectivity index (χ3v) is 3.40. The Morgan fingerprint density at radius 1 is 1.32 bits per heavy atom. The number of aromatic nitrogens is 4. The summed E-state index contributed by atoms with van der Waals surface area (Å²) < 4.78 is 5.24. The van der Waals surface area contributed by atoms with Gasteiger partial charge in [0.2, 0.25) is 17.7 Å². The van der Waals surface area contributed by atoms with E-state index in [4.69, 9.17) is 10.3 Å². The Kier molecular flexibility index (Phi) is 4.50. The fourth-order valence-electron chi connectivity index (χ4n) is 2.15. The summed E-state index contributed by atoms with van der Waals surface area (Å²) in [5, 5.41) is 17.6. The predicted molar refractivity (Wildman–Crippen MR) is 88.7 cm³/mol. The minimum Gasteiger partial charge on any atom is -0.378 e. The average Bonchev–Trinajstić information content (AvgIpc) is 3.04. The molecule has 0 bridgehead atoms. The number of nitrogen functional groups attached to an aromatic ring is 1. The number of nitrogens with two attached hydrogens (primary N) is 1. The lowest BCUT2D eigenvalue weighted by Crippen LogP contribution is -2.11. The predicted octanol–water partition coefficient (Wildman–Crippen LogP) is 2.11. The van der Waals surface area contributed by atoms with Crippen LogP contribution in [0.25, 0.3) is 0 Å². The van der Waals surface area contributed by atoms with Crippen molar-refractivity contribution in [2.45, 2.75) is 19.4 Å². The van der Waals surface area contributed by atoms with Gasteiger partial charge in [0.15, 0.2) is 5.82 Å². The van der Waals surface area contributed by atoms with Gasteiger partial charge in [-0.05, 0) is 12.5 Å². The normalized spacial score (nSPS) is 11.9. The molecule has 2 heterocycles. The van der Waals surface area contributed by atoms with Crippen LogP contribution < -0.4 is 11.1 Å². The van der Waals surface area contributed by atoms with Gasteiger partial charge in [0, 0.05) is 6.42 Å². The van der Waals surface area contributed by atoms with Gasteiger partial charge in [0.1, 0.15) is 12.2 Å². The number of hydrogen-bond donors (Lipinski definition) is 2. The minimum absolute atomic E-state index is 0.137. The number of nitro groups is 1. The maximum atomic E-state index is 10.7. The molecule has 10 heteroatoms. The summed E-state index contributed by atoms with van der Waals surface area (Å²) in [4.78, 5) is 22.1. The third-order valence-electron chi connectivity index (χ3n) is 3.40. The van der Waals surface area contributed by atoms with Crippen molar-refractivity contribution in [2.24, 2.45) is 0 Å². The Bertz CT molecular complexity index is 882. The molecule has 0 saturated heterocycles. The second-order valence-corrected chi connectivity index (χ2v) is 5.30. The second-order valence-electron chi connectivity index (χ2n) is 5.30. The molecule has 0 aliphatic rings. The zero-order valence-corrected chi connectivity index (χ0v) is 13.3. The van der Waals surface area contributed by atoms with E-state index in [1.807, 2.05) is 30.3 Å². The largest absolute Gasteiger partial charge is 0.378 e. The molecule has 0 aliphatic heterocycles. The van der Waals surface area contributed by atoms with E-state index in [1.54, 1.807) is 6.92 Å². The highest BCUT2D eigenvalue weighted by Crippen LogP contribution is 2.21. The van der Waals surface area contributed by atoms with Crippen LogP contribution in [0.1, 0.15) is 30.2 Å². The zero-order chi connectivity index (χ0) is 17.8. The van der Waals surface area contributed by atoms with Crippen molar-refractivity contribution in [1.82, 2.24) is 20.1 Å². The monoisotopic (exact) mass is 341 g/mol. The molecule has 0 spiro atoms. The van der Waals surface area contributed by atoms with Crippen molar-refractivity contribution in [3.8, 4) is 0 Å². The molecule has 0 radical (unpaired) electrons. The van der Waals surface area contributed by atoms with Gasteiger partial charge in [-0.1, -0.05) is 35.5 Å². The maximum absolute atomic E-state index is 10.7. The SMILES string of the molecule is C[C@@H](Nc1ncc([N+](=O)[O-])c(N)n1)c1nc(Cc2ccccc2)no1. The highest BCUT2D eigenvalue weighted by atomic mass is 16.6. The summed E-state index contributed by atoms with van der Waals surface area (Å²) >= 11 is 0. The van der Waals surface area contributed by atoms with Crippen LogP contribution in [-0.2, 0) is 6.42 Å². The van der Waals surface area contributed by atoms with Crippen molar-refractivity contribution in [1.29, 1.82) is 0 Å². The van der Waals surface area contributed by atoms with Gasteiger partial charge in [-0.25, -0.2) is 4.98 Å². The number of benzene rings is 1. The number of anilines is 2. The first-order valence-corrected chi connectivity index (χ1v) is 7.43. The molecule has 2 aromatic heterocycles. The van der Waals surface area contributed by atoms with Crippen LogP contribution in [-0.4, -0.2) is 25.0 Å². The van der Waals surface area contributed by atoms with Crippen LogP contribution in [0.5, 0.6) is 0 Å². The van der Waals surface area contributed by atoms with Crippen LogP contribution in [0, 0.1) is 10.1 Å². The van der Waals surface area contributed by atoms with E-state index in [0.29, 0.717) is 18.1 Å². The summed E-state index contributed by atoms with van der Waals surface area (Å²) in [5.74, 6) is 0.828. The zero-order valence-electron chi connectivity index (χ0n) is 13.3. The van der Waals surface area contributed by atoms with Crippen LogP contribution >= 0.6 is 0 Å². The molecular formula is C15H15N7O3. The van der Waals surface area contributed by atoms with Crippen LogP contribution in [0.15, 0.2) is 41.1 Å². The van der Waals surface area contributed by atoms with Gasteiger partial charge in [0.25, 0.3) is 0 Å². The molecular weight excluding hydrogens is 326 g/mol. The first kappa shape index (κ1) is 16.3. The number of nitrogens with zero attached hydrogens (tertiary/aromatic N) is 5. The van der Waals surface area contributed by atoms with Crippen molar-refractivity contribution in [3.63, 3.8) is 0 Å². The molecule has 128 valence electrons. The molecule has 1 atom stereocenters. The van der Waals surface area contributed by atoms with Gasteiger partial charge >= 0.3 is 5.69 Å². The fraction of sp³-hybridized carbons (Fsp3) is 0.200. The minimum atomic E-state index is -0.642. The Labute approximate surface area is 142 Å². The molecule has 3 aromatic rings. The number of nitrogens with one attached hydrogen (secondary N) is 1. The van der Waals surface area contributed by atoms with Gasteiger partial charge in [-0.3, -0.25) is 10.1 Å². The Balaban J connectivity index is 1.68. The standard InChI is InChI=1S/C15H15N7O3/c1-9(18-15-17-8-11(22(23)24)13(16)20-15)14-19-12(21-25-14)7-10-5-3-2-4-6-10/h2-6,8-9H,7H2,1H3,(H3,16,17,18,20)/t9-/m1/s1. The summed E-state index contributed by atoms with van der Waals surface area (Å²) in [6.45, 7) is 1.78. The van der Waals surface area contributed by atoms with E-state index in [2.05, 4.69) is 25.4 Å². The molecule has 0 amide bonds. The molecule has 25 heavy (non-hydrogen) atoms. The summed E-state index contributed by atoms with van der Waals surface area (Å²) in [7, 11) is 0. The molecule has 10 nitrogen and oxygen atoms in total. The van der Waals surface area contributed by atoms with Crippen molar-refractivity contribution in [2.75, 3.05) is 11.1 Å². The lowest BCUT2D eigenvalue weighted by molar-refractivity contribution is -0.384. The van der Waals surface area contributed by atoms with E-state index in [0.717, 1.165) is 11.8 Å². The lowest BCUT2D eigenvalue weighted by atomic mass is 10.1. The van der Waals surface area contributed by atoms with Crippen molar-refractivity contribution in [3.05, 3.63) is 63.9 Å². The molecule has 0 aliphatic carbocycles. The molecule has 0 saturated carbocycles. The Morgan fingerprint density at radius 2 is 2.08 bits per heavy atom. The van der Waals surface area contributed by atoms with E-state index in [1.165, 1.54) is 0 Å². The van der Waals surface area contributed by atoms with E-state index >= 15 is 0 Å². The highest BCUT2D eigenvalue weighted by Gasteiger charge is 2.18. The fourth-order valence-corrected chi connectivity index (χ4v) is 2.15. The quantitative estimate of drug-likeness (QED) is 0.508. The van der Waals surface area contributed by atoms with Gasteiger partial charge in [0.05, 0.1) is 4.92 Å². The lowest BCUT2D eigenvalue weighted by Gasteiger charge is -2.09. The molecule has 0 unspecified atom stereocenters. The van der Waals surface area contributed by atoms with E-state index in [-0.39, 0.29) is 17.5 Å². The number of hydrogen-bond acceptors (Lipinski definition) is 9. The Morgan fingerprint density at radius 3 is 2.76 bits per heavy atom. The molecule has 3 rings (SSSR count). The van der Waals surface area contributed by atoms with Crippen LogP contribution in [0.4, 0.5) is 17.5 Å². The summed E-state index contributed by atoms with van der Waals surface area (Å²) in [5.41, 5.74) is 6.27. The van der Waals surface area contributed by atoms with E-state index < -0.39 is 11.0 Å². The first-order valence-electron chi connectivity index (χ1n) is 7.43. The van der Waals surface area contributed by atoms with Crippen LogP contribution in [0.3, 0.4) is 0 Å².